The predicted molar refractivity (Wildman–Crippen MR) is 84.3 cm³/mol. The lowest BCUT2D eigenvalue weighted by atomic mass is 9.91. The topological polar surface area (TPSA) is 67.4 Å². The van der Waals surface area contributed by atoms with Crippen LogP contribution in [0.15, 0.2) is 35.5 Å². The fraction of sp³-hybridized carbons (Fsp3) is 0.412. The first-order chi connectivity index (χ1) is 11.6. The number of ether oxygens (including phenoxy) is 1. The van der Waals surface area contributed by atoms with Crippen LogP contribution in [0.3, 0.4) is 0 Å². The number of nitrogens with one attached hydrogen (secondary N) is 2. The van der Waals surface area contributed by atoms with Gasteiger partial charge >= 0.3 is 18.2 Å². The Morgan fingerprint density at radius 1 is 1.28 bits per heavy atom. The maximum atomic E-state index is 13.3. The van der Waals surface area contributed by atoms with E-state index in [2.05, 4.69) is 10.6 Å². The summed E-state index contributed by atoms with van der Waals surface area (Å²) in [5, 5.41) is 4.79. The average Bonchev–Trinajstić information content (AvgIpc) is 2.51. The minimum Gasteiger partial charge on any atom is -0.462 e. The van der Waals surface area contributed by atoms with E-state index in [4.69, 9.17) is 4.74 Å². The molecule has 1 heterocycles. The molecule has 0 saturated heterocycles. The highest BCUT2D eigenvalue weighted by atomic mass is 19.4. The Bertz CT molecular complexity index is 711. The van der Waals surface area contributed by atoms with Gasteiger partial charge in [-0.25, -0.2) is 9.59 Å². The zero-order valence-electron chi connectivity index (χ0n) is 14.0. The molecule has 0 unspecified atom stereocenters. The highest BCUT2D eigenvalue weighted by Crippen LogP contribution is 2.38. The van der Waals surface area contributed by atoms with E-state index in [1.54, 1.807) is 0 Å². The Morgan fingerprint density at radius 2 is 1.92 bits per heavy atom. The zero-order chi connectivity index (χ0) is 18.8. The largest absolute Gasteiger partial charge is 0.462 e. The molecule has 2 rings (SSSR count). The van der Waals surface area contributed by atoms with Gasteiger partial charge in [0.2, 0.25) is 0 Å². The first-order valence-electron chi connectivity index (χ1n) is 7.72. The van der Waals surface area contributed by atoms with Crippen molar-refractivity contribution in [2.75, 3.05) is 6.61 Å². The van der Waals surface area contributed by atoms with E-state index in [0.717, 1.165) is 6.07 Å². The maximum Gasteiger partial charge on any atom is 0.416 e. The van der Waals surface area contributed by atoms with E-state index in [0.29, 0.717) is 0 Å². The molecule has 1 aromatic rings. The number of allylic oxidation sites excluding steroid dienone is 1. The van der Waals surface area contributed by atoms with Gasteiger partial charge in [0, 0.05) is 5.70 Å². The first-order valence-corrected chi connectivity index (χ1v) is 7.72. The lowest BCUT2D eigenvalue weighted by molar-refractivity contribution is -0.142. The number of carbonyl (C=O) groups excluding carboxylic acids is 2. The molecule has 1 aliphatic heterocycles. The second-order valence-electron chi connectivity index (χ2n) is 6.15. The van der Waals surface area contributed by atoms with E-state index in [1.165, 1.54) is 25.1 Å². The van der Waals surface area contributed by atoms with Crippen molar-refractivity contribution in [3.63, 3.8) is 0 Å². The molecule has 2 N–H and O–H groups in total. The number of alkyl halides is 3. The molecule has 8 heteroatoms. The van der Waals surface area contributed by atoms with E-state index >= 15 is 0 Å². The van der Waals surface area contributed by atoms with E-state index in [1.807, 2.05) is 13.8 Å². The van der Waals surface area contributed by atoms with Gasteiger partial charge < -0.3 is 15.4 Å². The van der Waals surface area contributed by atoms with Crippen molar-refractivity contribution in [1.29, 1.82) is 0 Å². The summed E-state index contributed by atoms with van der Waals surface area (Å²) in [7, 11) is 0. The average molecular weight is 356 g/mol. The Kier molecular flexibility index (Phi) is 5.39. The molecular formula is C17H19F3N2O3. The van der Waals surface area contributed by atoms with Crippen molar-refractivity contribution in [1.82, 2.24) is 10.6 Å². The van der Waals surface area contributed by atoms with Gasteiger partial charge in [-0.15, -0.1) is 0 Å². The molecule has 0 aromatic heterocycles. The summed E-state index contributed by atoms with van der Waals surface area (Å²) in [6, 6.07) is 2.90. The number of amides is 2. The van der Waals surface area contributed by atoms with E-state index in [9.17, 15) is 22.8 Å². The van der Waals surface area contributed by atoms with Crippen LogP contribution in [-0.2, 0) is 15.7 Å². The highest BCUT2D eigenvalue weighted by molar-refractivity contribution is 5.95. The van der Waals surface area contributed by atoms with Crippen molar-refractivity contribution >= 4 is 12.0 Å². The van der Waals surface area contributed by atoms with Gasteiger partial charge in [0.1, 0.15) is 0 Å². The summed E-state index contributed by atoms with van der Waals surface area (Å²) in [5.41, 5.74) is -0.999. The van der Waals surface area contributed by atoms with Crippen molar-refractivity contribution in [3.8, 4) is 0 Å². The first kappa shape index (κ1) is 18.8. The third kappa shape index (κ3) is 4.32. The lowest BCUT2D eigenvalue weighted by Gasteiger charge is -2.30. The number of rotatable bonds is 4. The molecule has 2 amide bonds. The van der Waals surface area contributed by atoms with Gasteiger partial charge in [0.25, 0.3) is 0 Å². The lowest BCUT2D eigenvalue weighted by Crippen LogP contribution is -2.46. The third-order valence-electron chi connectivity index (χ3n) is 3.61. The molecule has 0 aliphatic carbocycles. The molecule has 1 aromatic carbocycles. The van der Waals surface area contributed by atoms with Gasteiger partial charge in [-0.05, 0) is 24.5 Å². The van der Waals surface area contributed by atoms with Crippen molar-refractivity contribution in [2.24, 2.45) is 5.92 Å². The Morgan fingerprint density at radius 3 is 2.52 bits per heavy atom. The number of halogens is 3. The fourth-order valence-corrected chi connectivity index (χ4v) is 2.52. The molecule has 136 valence electrons. The van der Waals surface area contributed by atoms with Gasteiger partial charge in [0.15, 0.2) is 0 Å². The number of carbonyl (C=O) groups is 2. The van der Waals surface area contributed by atoms with Crippen molar-refractivity contribution in [3.05, 3.63) is 46.7 Å². The molecular weight excluding hydrogens is 337 g/mol. The predicted octanol–water partition coefficient (Wildman–Crippen LogP) is 3.53. The van der Waals surface area contributed by atoms with E-state index in [-0.39, 0.29) is 29.4 Å². The second kappa shape index (κ2) is 7.16. The normalized spacial score (nSPS) is 18.0. The third-order valence-corrected chi connectivity index (χ3v) is 3.61. The van der Waals surface area contributed by atoms with Crippen LogP contribution >= 0.6 is 0 Å². The Balaban J connectivity index is 2.49. The summed E-state index contributed by atoms with van der Waals surface area (Å²) in [6.07, 6.45) is -4.62. The highest BCUT2D eigenvalue weighted by Gasteiger charge is 2.39. The summed E-state index contributed by atoms with van der Waals surface area (Å²) >= 11 is 0. The Hall–Kier alpha value is -2.51. The van der Waals surface area contributed by atoms with Gasteiger partial charge in [-0.3, -0.25) is 0 Å². The van der Waals surface area contributed by atoms with Crippen LogP contribution in [0.1, 0.15) is 37.9 Å². The van der Waals surface area contributed by atoms with Gasteiger partial charge in [-0.1, -0.05) is 32.0 Å². The summed E-state index contributed by atoms with van der Waals surface area (Å²) < 4.78 is 45.1. The molecule has 1 aliphatic rings. The SMILES string of the molecule is CC1=C(C(=O)OCC(C)C)[C@@H](c2ccccc2C(F)(F)F)NC(=O)N1. The quantitative estimate of drug-likeness (QED) is 0.811. The number of benzene rings is 1. The zero-order valence-corrected chi connectivity index (χ0v) is 14.0. The van der Waals surface area contributed by atoms with Crippen molar-refractivity contribution < 1.29 is 27.5 Å². The minimum absolute atomic E-state index is 0.0445. The number of esters is 1. The molecule has 0 saturated carbocycles. The van der Waals surface area contributed by atoms with Crippen LogP contribution in [0.2, 0.25) is 0 Å². The van der Waals surface area contributed by atoms with Crippen LogP contribution in [-0.4, -0.2) is 18.6 Å². The number of hydrogen-bond donors (Lipinski definition) is 2. The van der Waals surface area contributed by atoms with Gasteiger partial charge in [-0.2, -0.15) is 13.2 Å². The molecule has 5 nitrogen and oxygen atoms in total. The van der Waals surface area contributed by atoms with Crippen LogP contribution in [0.4, 0.5) is 18.0 Å². The standard InChI is InChI=1S/C17H19F3N2O3/c1-9(2)8-25-15(23)13-10(3)21-16(24)22-14(13)11-6-4-5-7-12(11)17(18,19)20/h4-7,9,14H,8H2,1-3H3,(H2,21,22,24)/t14-/m1/s1. The van der Waals surface area contributed by atoms with Crippen LogP contribution in [0, 0.1) is 5.92 Å². The summed E-state index contributed by atoms with van der Waals surface area (Å²) in [5.74, 6) is -0.697. The molecule has 0 radical (unpaired) electrons. The fourth-order valence-electron chi connectivity index (χ4n) is 2.52. The molecule has 25 heavy (non-hydrogen) atoms. The summed E-state index contributed by atoms with van der Waals surface area (Å²) in [4.78, 5) is 24.2. The van der Waals surface area contributed by atoms with Crippen LogP contribution < -0.4 is 10.6 Å². The second-order valence-corrected chi connectivity index (χ2v) is 6.15. The monoisotopic (exact) mass is 356 g/mol. The Labute approximate surface area is 143 Å². The number of urea groups is 1. The van der Waals surface area contributed by atoms with Crippen LogP contribution in [0.25, 0.3) is 0 Å². The van der Waals surface area contributed by atoms with Crippen LogP contribution in [0.5, 0.6) is 0 Å². The van der Waals surface area contributed by atoms with Gasteiger partial charge in [0.05, 0.1) is 23.8 Å². The molecule has 0 fully saturated rings. The summed E-state index contributed by atoms with van der Waals surface area (Å²) in [6.45, 7) is 5.25. The number of hydrogen-bond acceptors (Lipinski definition) is 3. The molecule has 1 atom stereocenters. The van der Waals surface area contributed by atoms with E-state index < -0.39 is 29.8 Å². The van der Waals surface area contributed by atoms with Crippen molar-refractivity contribution in [2.45, 2.75) is 33.0 Å². The smallest absolute Gasteiger partial charge is 0.416 e. The minimum atomic E-state index is -4.62. The molecule has 0 spiro atoms. The maximum absolute atomic E-state index is 13.3. The molecule has 0 bridgehead atoms.